The second-order valence-corrected chi connectivity index (χ2v) is 6.85. The fourth-order valence-electron chi connectivity index (χ4n) is 3.23. The number of alkyl halides is 2. The van der Waals surface area contributed by atoms with Crippen LogP contribution in [0.15, 0.2) is 48.8 Å². The molecule has 176 valence electrons. The molecule has 2 heterocycles. The normalized spacial score (nSPS) is 12.2. The highest BCUT2D eigenvalue weighted by Crippen LogP contribution is 2.28. The van der Waals surface area contributed by atoms with Gasteiger partial charge in [0.25, 0.3) is 0 Å². The van der Waals surface area contributed by atoms with E-state index >= 15 is 0 Å². The number of hydrogen-bond acceptors (Lipinski definition) is 6. The average molecular weight is 480 g/mol. The van der Waals surface area contributed by atoms with Crippen molar-refractivity contribution in [3.8, 4) is 23.0 Å². The number of fused-ring (bicyclic) bond motifs is 1. The molecule has 0 amide bonds. The molecule has 1 N–H and O–H groups in total. The van der Waals surface area contributed by atoms with Gasteiger partial charge in [0.1, 0.15) is 35.7 Å². The van der Waals surface area contributed by atoms with Crippen LogP contribution >= 0.6 is 0 Å². The molecule has 0 spiro atoms. The molecule has 1 atom stereocenters. The van der Waals surface area contributed by atoms with Crippen LogP contribution in [0.1, 0.15) is 11.5 Å². The van der Waals surface area contributed by atoms with E-state index in [1.54, 1.807) is 0 Å². The summed E-state index contributed by atoms with van der Waals surface area (Å²) >= 11 is 0. The number of nitrogens with zero attached hydrogens (tertiary/aromatic N) is 4. The molecule has 8 nitrogen and oxygen atoms in total. The number of hydrogen-bond donors (Lipinski definition) is 1. The Morgan fingerprint density at radius 3 is 2.32 bits per heavy atom. The lowest BCUT2D eigenvalue weighted by Crippen LogP contribution is -2.23. The standard InChI is InChI=1S/C21H13F5N4O4/c22-11-5-14(23)18(15(24)6-11)13(20(31)32)9-33-17-8-27-7-16-28-29-19(30(16)17)10-1-3-12(4-2-10)34-21(25)26/h1-8,13,21H,9H2,(H,31,32). The Morgan fingerprint density at radius 1 is 1.03 bits per heavy atom. The largest absolute Gasteiger partial charge is 0.481 e. The number of carboxylic acids is 1. The molecule has 0 aliphatic heterocycles. The number of aromatic nitrogens is 4. The Kier molecular flexibility index (Phi) is 6.25. The van der Waals surface area contributed by atoms with E-state index in [9.17, 15) is 31.9 Å². The van der Waals surface area contributed by atoms with Crippen LogP contribution in [0.3, 0.4) is 0 Å². The second kappa shape index (κ2) is 9.29. The average Bonchev–Trinajstić information content (AvgIpc) is 3.20. The summed E-state index contributed by atoms with van der Waals surface area (Å²) in [6, 6.07) is 6.17. The van der Waals surface area contributed by atoms with Crippen molar-refractivity contribution in [3.05, 3.63) is 71.8 Å². The highest BCUT2D eigenvalue weighted by Gasteiger charge is 2.29. The summed E-state index contributed by atoms with van der Waals surface area (Å²) in [5, 5.41) is 17.4. The van der Waals surface area contributed by atoms with Crippen molar-refractivity contribution in [2.24, 2.45) is 0 Å². The monoisotopic (exact) mass is 480 g/mol. The van der Waals surface area contributed by atoms with Crippen LogP contribution < -0.4 is 9.47 Å². The molecule has 0 aliphatic rings. The second-order valence-electron chi connectivity index (χ2n) is 6.85. The van der Waals surface area contributed by atoms with Crippen molar-refractivity contribution in [1.82, 2.24) is 19.6 Å². The van der Waals surface area contributed by atoms with Gasteiger partial charge in [-0.25, -0.2) is 17.6 Å². The van der Waals surface area contributed by atoms with Crippen LogP contribution in [0.5, 0.6) is 11.6 Å². The summed E-state index contributed by atoms with van der Waals surface area (Å²) < 4.78 is 77.5. The number of carbonyl (C=O) groups is 1. The Labute approximate surface area is 187 Å². The molecule has 0 radical (unpaired) electrons. The van der Waals surface area contributed by atoms with Gasteiger partial charge in [-0.15, -0.1) is 10.2 Å². The maximum Gasteiger partial charge on any atom is 0.387 e. The van der Waals surface area contributed by atoms with Gasteiger partial charge in [0, 0.05) is 23.3 Å². The van der Waals surface area contributed by atoms with Crippen molar-refractivity contribution >= 4 is 11.6 Å². The Hall–Kier alpha value is -4.29. The first-order valence-electron chi connectivity index (χ1n) is 9.49. The maximum atomic E-state index is 14.2. The van der Waals surface area contributed by atoms with Crippen molar-refractivity contribution in [2.45, 2.75) is 12.5 Å². The number of benzene rings is 2. The van der Waals surface area contributed by atoms with E-state index < -0.39 is 48.1 Å². The summed E-state index contributed by atoms with van der Waals surface area (Å²) in [6.45, 7) is -3.74. The van der Waals surface area contributed by atoms with Gasteiger partial charge in [0.05, 0.1) is 12.4 Å². The van der Waals surface area contributed by atoms with E-state index in [0.29, 0.717) is 17.7 Å². The third-order valence-electron chi connectivity index (χ3n) is 4.71. The first kappa shape index (κ1) is 22.9. The lowest BCUT2D eigenvalue weighted by molar-refractivity contribution is -0.139. The van der Waals surface area contributed by atoms with Gasteiger partial charge in [-0.1, -0.05) is 0 Å². The van der Waals surface area contributed by atoms with Crippen LogP contribution in [0.25, 0.3) is 17.0 Å². The minimum atomic E-state index is -3.00. The van der Waals surface area contributed by atoms with E-state index in [0.717, 1.165) is 0 Å². The highest BCUT2D eigenvalue weighted by atomic mass is 19.3. The minimum Gasteiger partial charge on any atom is -0.481 e. The van der Waals surface area contributed by atoms with Crippen molar-refractivity contribution in [2.75, 3.05) is 6.61 Å². The summed E-state index contributed by atoms with van der Waals surface area (Å²) in [7, 11) is 0. The van der Waals surface area contributed by atoms with Crippen LogP contribution in [0.2, 0.25) is 0 Å². The zero-order chi connectivity index (χ0) is 24.4. The third kappa shape index (κ3) is 4.58. The molecule has 0 saturated carbocycles. The first-order valence-corrected chi connectivity index (χ1v) is 9.49. The van der Waals surface area contributed by atoms with Crippen LogP contribution in [0.4, 0.5) is 22.0 Å². The highest BCUT2D eigenvalue weighted by molar-refractivity contribution is 5.76. The number of ether oxygens (including phenoxy) is 2. The van der Waals surface area contributed by atoms with Gasteiger partial charge >= 0.3 is 12.6 Å². The van der Waals surface area contributed by atoms with E-state index in [1.165, 1.54) is 41.1 Å². The molecule has 1 unspecified atom stereocenters. The van der Waals surface area contributed by atoms with E-state index in [1.807, 2.05) is 0 Å². The van der Waals surface area contributed by atoms with Gasteiger partial charge in [-0.3, -0.25) is 9.78 Å². The molecule has 4 rings (SSSR count). The first-order chi connectivity index (χ1) is 16.2. The molecule has 4 aromatic rings. The van der Waals surface area contributed by atoms with E-state index in [-0.39, 0.29) is 23.1 Å². The van der Waals surface area contributed by atoms with Gasteiger partial charge in [0.15, 0.2) is 11.5 Å². The zero-order valence-electron chi connectivity index (χ0n) is 16.8. The lowest BCUT2D eigenvalue weighted by atomic mass is 9.98. The van der Waals surface area contributed by atoms with Crippen LogP contribution in [0, 0.1) is 17.5 Å². The molecule has 2 aromatic carbocycles. The fraction of sp³-hybridized carbons (Fsp3) is 0.143. The van der Waals surface area contributed by atoms with Crippen LogP contribution in [-0.4, -0.2) is 43.9 Å². The molecule has 0 fully saturated rings. The summed E-state index contributed by atoms with van der Waals surface area (Å²) in [5.74, 6) is -7.34. The predicted molar refractivity (Wildman–Crippen MR) is 105 cm³/mol. The smallest absolute Gasteiger partial charge is 0.387 e. The summed E-state index contributed by atoms with van der Waals surface area (Å²) in [6.07, 6.45) is 2.52. The molecule has 13 heteroatoms. The number of carboxylic acid groups (broad SMARTS) is 1. The van der Waals surface area contributed by atoms with Gasteiger partial charge in [-0.2, -0.15) is 8.78 Å². The van der Waals surface area contributed by atoms with Crippen molar-refractivity contribution in [1.29, 1.82) is 0 Å². The molecule has 0 aliphatic carbocycles. The third-order valence-corrected chi connectivity index (χ3v) is 4.71. The van der Waals surface area contributed by atoms with Gasteiger partial charge in [-0.05, 0) is 24.3 Å². The maximum absolute atomic E-state index is 14.2. The van der Waals surface area contributed by atoms with Gasteiger partial charge in [0.2, 0.25) is 5.88 Å². The number of halogens is 5. The number of aliphatic carboxylic acids is 1. The minimum absolute atomic E-state index is 0.0698. The lowest BCUT2D eigenvalue weighted by Gasteiger charge is -2.16. The quantitative estimate of drug-likeness (QED) is 0.380. The van der Waals surface area contributed by atoms with Crippen molar-refractivity contribution < 1.29 is 41.3 Å². The topological polar surface area (TPSA) is 98.8 Å². The molecule has 34 heavy (non-hydrogen) atoms. The molecular formula is C21H13F5N4O4. The fourth-order valence-corrected chi connectivity index (χ4v) is 3.23. The van der Waals surface area contributed by atoms with E-state index in [4.69, 9.17) is 4.74 Å². The van der Waals surface area contributed by atoms with Gasteiger partial charge < -0.3 is 14.6 Å². The van der Waals surface area contributed by atoms with Crippen molar-refractivity contribution in [3.63, 3.8) is 0 Å². The number of rotatable bonds is 8. The zero-order valence-corrected chi connectivity index (χ0v) is 16.8. The van der Waals surface area contributed by atoms with Crippen LogP contribution in [-0.2, 0) is 4.79 Å². The Balaban J connectivity index is 1.66. The summed E-state index contributed by atoms with van der Waals surface area (Å²) in [5.41, 5.74) is -0.269. The predicted octanol–water partition coefficient (Wildman–Crippen LogP) is 4.06. The Morgan fingerprint density at radius 2 is 1.71 bits per heavy atom. The Bertz CT molecular complexity index is 1320. The summed E-state index contributed by atoms with van der Waals surface area (Å²) in [4.78, 5) is 15.6. The molecule has 0 saturated heterocycles. The molecule has 0 bridgehead atoms. The van der Waals surface area contributed by atoms with E-state index in [2.05, 4.69) is 19.9 Å². The molecular weight excluding hydrogens is 467 g/mol. The molecule has 2 aromatic heterocycles. The SMILES string of the molecule is O=C(O)C(COc1cncc2nnc(-c3ccc(OC(F)F)cc3)n12)c1c(F)cc(F)cc1F.